The Bertz CT molecular complexity index is 459. The van der Waals surface area contributed by atoms with E-state index in [4.69, 9.17) is 9.60 Å². The molecular formula is C9H13NO2. The Morgan fingerprint density at radius 2 is 2.58 bits per heavy atom. The number of hydrogen-bond acceptors (Lipinski definition) is 3. The number of hydrogen-bond donors (Lipinski definition) is 3. The summed E-state index contributed by atoms with van der Waals surface area (Å²) in [5, 5.41) is 21.2. The number of aromatic hydroxyl groups is 1. The standard InChI is InChI=1S/C9H13NO2/c1-10-6-9(12)7-3-2-4-8(11)5-7/h2-5,9-12H,6H2,1H3/t9-/m1/s1/i1D3,2D,3D,4D,5D. The van der Waals surface area contributed by atoms with Gasteiger partial charge in [0.2, 0.25) is 0 Å². The molecule has 1 atom stereocenters. The lowest BCUT2D eigenvalue weighted by atomic mass is 10.1. The maximum atomic E-state index is 9.78. The molecule has 1 rings (SSSR count). The highest BCUT2D eigenvalue weighted by Crippen LogP contribution is 2.17. The third-order valence-corrected chi connectivity index (χ3v) is 1.26. The highest BCUT2D eigenvalue weighted by molar-refractivity contribution is 5.28. The summed E-state index contributed by atoms with van der Waals surface area (Å²) in [6.45, 7) is -2.96. The second-order valence-corrected chi connectivity index (χ2v) is 2.16. The Morgan fingerprint density at radius 1 is 1.75 bits per heavy atom. The van der Waals surface area contributed by atoms with Gasteiger partial charge in [-0.15, -0.1) is 0 Å². The van der Waals surface area contributed by atoms with Crippen molar-refractivity contribution in [2.24, 2.45) is 0 Å². The average Bonchev–Trinajstić information content (AvgIpc) is 2.31. The molecule has 0 fully saturated rings. The minimum Gasteiger partial charge on any atom is -0.508 e. The summed E-state index contributed by atoms with van der Waals surface area (Å²) in [4.78, 5) is 0. The van der Waals surface area contributed by atoms with Crippen molar-refractivity contribution in [1.82, 2.24) is 5.32 Å². The summed E-state index contributed by atoms with van der Waals surface area (Å²) in [6.07, 6.45) is -1.55. The van der Waals surface area contributed by atoms with Crippen LogP contribution in [-0.2, 0) is 0 Å². The van der Waals surface area contributed by atoms with Crippen LogP contribution in [0.25, 0.3) is 0 Å². The molecule has 0 spiro atoms. The summed E-state index contributed by atoms with van der Waals surface area (Å²) >= 11 is 0. The minimum atomic E-state index is -2.49. The van der Waals surface area contributed by atoms with Crippen LogP contribution in [0, 0.1) is 0 Å². The van der Waals surface area contributed by atoms with Crippen LogP contribution in [0.1, 0.15) is 21.3 Å². The van der Waals surface area contributed by atoms with Gasteiger partial charge in [-0.25, -0.2) is 0 Å². The summed E-state index contributed by atoms with van der Waals surface area (Å²) in [5.74, 6) is -0.816. The van der Waals surface area contributed by atoms with Gasteiger partial charge in [-0.2, -0.15) is 0 Å². The Balaban J connectivity index is 3.14. The number of nitrogens with one attached hydrogen (secondary N) is 1. The van der Waals surface area contributed by atoms with E-state index in [9.17, 15) is 10.2 Å². The zero-order chi connectivity index (χ0) is 15.0. The predicted octanol–water partition coefficient (Wildman–Crippen LogP) is 0.645. The lowest BCUT2D eigenvalue weighted by molar-refractivity contribution is 0.177. The van der Waals surface area contributed by atoms with Crippen molar-refractivity contribution in [1.29, 1.82) is 0 Å². The number of phenols is 1. The maximum absolute atomic E-state index is 9.78. The van der Waals surface area contributed by atoms with Crippen LogP contribution < -0.4 is 5.32 Å². The molecule has 0 aromatic heterocycles. The fourth-order valence-corrected chi connectivity index (χ4v) is 0.713. The van der Waals surface area contributed by atoms with E-state index in [1.165, 1.54) is 0 Å². The molecule has 0 amide bonds. The lowest BCUT2D eigenvalue weighted by Gasteiger charge is -2.09. The molecule has 0 aliphatic rings. The molecule has 3 N–H and O–H groups in total. The van der Waals surface area contributed by atoms with E-state index in [0.717, 1.165) is 0 Å². The second-order valence-electron chi connectivity index (χ2n) is 2.16. The van der Waals surface area contributed by atoms with Gasteiger partial charge in [0.15, 0.2) is 0 Å². The van der Waals surface area contributed by atoms with E-state index in [2.05, 4.69) is 0 Å². The first kappa shape index (κ1) is 3.36. The van der Waals surface area contributed by atoms with E-state index in [1.807, 2.05) is 5.32 Å². The lowest BCUT2D eigenvalue weighted by Crippen LogP contribution is -2.16. The number of rotatable bonds is 3. The Labute approximate surface area is 81.5 Å². The van der Waals surface area contributed by atoms with Gasteiger partial charge in [-0.3, -0.25) is 0 Å². The maximum Gasteiger partial charge on any atom is 0.115 e. The summed E-state index contributed by atoms with van der Waals surface area (Å²) in [7, 11) is 0. The molecule has 1 aromatic carbocycles. The van der Waals surface area contributed by atoms with Crippen molar-refractivity contribution in [2.45, 2.75) is 6.10 Å². The highest BCUT2D eigenvalue weighted by Gasteiger charge is 2.05. The van der Waals surface area contributed by atoms with Gasteiger partial charge >= 0.3 is 0 Å². The average molecular weight is 174 g/mol. The predicted molar refractivity (Wildman–Crippen MR) is 47.0 cm³/mol. The smallest absolute Gasteiger partial charge is 0.115 e. The molecule has 0 saturated heterocycles. The van der Waals surface area contributed by atoms with E-state index >= 15 is 0 Å². The number of benzene rings is 1. The van der Waals surface area contributed by atoms with Gasteiger partial charge in [0.1, 0.15) is 5.75 Å². The van der Waals surface area contributed by atoms with E-state index < -0.39 is 49.5 Å². The first-order valence-corrected chi connectivity index (χ1v) is 3.28. The van der Waals surface area contributed by atoms with Gasteiger partial charge in [-0.05, 0) is 24.6 Å². The molecule has 0 radical (unpaired) electrons. The van der Waals surface area contributed by atoms with Crippen molar-refractivity contribution in [3.05, 3.63) is 29.7 Å². The van der Waals surface area contributed by atoms with Crippen LogP contribution in [0.5, 0.6) is 5.75 Å². The van der Waals surface area contributed by atoms with Gasteiger partial charge < -0.3 is 15.5 Å². The van der Waals surface area contributed by atoms with Crippen molar-refractivity contribution < 1.29 is 19.8 Å². The minimum absolute atomic E-state index is 0.379. The molecule has 12 heavy (non-hydrogen) atoms. The van der Waals surface area contributed by atoms with Gasteiger partial charge in [0.05, 0.1) is 11.6 Å². The zero-order valence-corrected chi connectivity index (χ0v) is 6.18. The third-order valence-electron chi connectivity index (χ3n) is 1.26. The van der Waals surface area contributed by atoms with Crippen molar-refractivity contribution in [3.8, 4) is 5.75 Å². The molecule has 0 aliphatic carbocycles. The molecule has 1 aromatic rings. The van der Waals surface area contributed by atoms with E-state index in [1.54, 1.807) is 0 Å². The van der Waals surface area contributed by atoms with Crippen molar-refractivity contribution >= 4 is 0 Å². The van der Waals surface area contributed by atoms with Crippen LogP contribution in [0.4, 0.5) is 0 Å². The van der Waals surface area contributed by atoms with Crippen LogP contribution in [0.3, 0.4) is 0 Å². The molecule has 3 nitrogen and oxygen atoms in total. The molecule has 0 heterocycles. The topological polar surface area (TPSA) is 52.5 Å². The van der Waals surface area contributed by atoms with Crippen LogP contribution in [0.2, 0.25) is 0 Å². The first-order chi connectivity index (χ1) is 8.56. The summed E-state index contributed by atoms with van der Waals surface area (Å²) < 4.78 is 50.6. The molecule has 3 heteroatoms. The highest BCUT2D eigenvalue weighted by atomic mass is 16.3. The van der Waals surface area contributed by atoms with E-state index in [0.29, 0.717) is 0 Å². The monoisotopic (exact) mass is 174 g/mol. The fraction of sp³-hybridized carbons (Fsp3) is 0.333. The molecule has 0 aliphatic heterocycles. The second kappa shape index (κ2) is 4.09. The Hall–Kier alpha value is -1.06. The van der Waals surface area contributed by atoms with Crippen LogP contribution in [-0.4, -0.2) is 23.7 Å². The number of aliphatic hydroxyl groups is 1. The Morgan fingerprint density at radius 3 is 3.33 bits per heavy atom. The normalized spacial score (nSPS) is 22.2. The summed E-state index contributed by atoms with van der Waals surface area (Å²) in [5.41, 5.74) is -0.379. The number of phenolic OH excluding ortho intramolecular Hbond substituents is 1. The quantitative estimate of drug-likeness (QED) is 0.630. The first-order valence-electron chi connectivity index (χ1n) is 6.78. The van der Waals surface area contributed by atoms with Crippen molar-refractivity contribution in [3.63, 3.8) is 0 Å². The number of likely N-dealkylation sites (N-methyl/N-ethyl adjacent to an activating group) is 1. The van der Waals surface area contributed by atoms with Crippen LogP contribution >= 0.6 is 0 Å². The molecule has 0 bridgehead atoms. The third kappa shape index (κ3) is 2.22. The van der Waals surface area contributed by atoms with Crippen molar-refractivity contribution in [2.75, 3.05) is 13.5 Å². The molecule has 0 saturated carbocycles. The summed E-state index contributed by atoms with van der Waals surface area (Å²) in [6, 6.07) is -2.52. The van der Waals surface area contributed by atoms with Gasteiger partial charge in [-0.1, -0.05) is 12.1 Å². The largest absolute Gasteiger partial charge is 0.508 e. The van der Waals surface area contributed by atoms with E-state index in [-0.39, 0.29) is 5.56 Å². The zero-order valence-electron chi connectivity index (χ0n) is 13.2. The van der Waals surface area contributed by atoms with Gasteiger partial charge in [0.25, 0.3) is 0 Å². The molecular weight excluding hydrogens is 154 g/mol. The number of aliphatic hydroxyl groups excluding tert-OH is 1. The SMILES string of the molecule is [2H]c1c([2H])c(O)c([2H])c([C@H](O)CNC([2H])([2H])[2H])c1[2H]. The molecule has 0 unspecified atom stereocenters. The fourth-order valence-electron chi connectivity index (χ4n) is 0.713. The van der Waals surface area contributed by atoms with Gasteiger partial charge in [0, 0.05) is 10.7 Å². The molecule has 66 valence electrons. The van der Waals surface area contributed by atoms with Crippen LogP contribution in [0.15, 0.2) is 24.2 Å². The Kier molecular flexibility index (Phi) is 1.14.